The van der Waals surface area contributed by atoms with Crippen molar-refractivity contribution < 1.29 is 4.79 Å². The first-order chi connectivity index (χ1) is 7.90. The molecule has 0 bridgehead atoms. The average Bonchev–Trinajstić information content (AvgIpc) is 2.29. The van der Waals surface area contributed by atoms with Gasteiger partial charge in [-0.05, 0) is 16.5 Å². The zero-order chi connectivity index (χ0) is 13.1. The maximum absolute atomic E-state index is 11.6. The third-order valence-corrected chi connectivity index (χ3v) is 2.91. The minimum Gasteiger partial charge on any atom is -0.298 e. The highest BCUT2D eigenvalue weighted by molar-refractivity contribution is 5.88. The van der Waals surface area contributed by atoms with Crippen LogP contribution in [0.3, 0.4) is 0 Å². The Labute approximate surface area is 103 Å². The number of nitrogens with zero attached hydrogens (tertiary/aromatic N) is 1. The summed E-state index contributed by atoms with van der Waals surface area (Å²) in [6.07, 6.45) is 0.402. The standard InChI is InChI=1S/C15H19NO/c1-5-14(17)13(10-16)11-6-8-12(9-7-11)15(2,3)4/h6-9,13H,5H2,1-4H3. The maximum atomic E-state index is 11.6. The van der Waals surface area contributed by atoms with Crippen LogP contribution in [0.2, 0.25) is 0 Å². The highest BCUT2D eigenvalue weighted by atomic mass is 16.1. The van der Waals surface area contributed by atoms with Gasteiger partial charge in [0.2, 0.25) is 0 Å². The van der Waals surface area contributed by atoms with Crippen molar-refractivity contribution >= 4 is 5.78 Å². The second kappa shape index (κ2) is 5.14. The lowest BCUT2D eigenvalue weighted by atomic mass is 9.85. The van der Waals surface area contributed by atoms with Gasteiger partial charge in [-0.25, -0.2) is 0 Å². The predicted molar refractivity (Wildman–Crippen MR) is 68.8 cm³/mol. The zero-order valence-corrected chi connectivity index (χ0v) is 10.9. The van der Waals surface area contributed by atoms with Gasteiger partial charge in [-0.3, -0.25) is 4.79 Å². The van der Waals surface area contributed by atoms with Crippen molar-refractivity contribution in [1.29, 1.82) is 5.26 Å². The molecule has 0 saturated carbocycles. The van der Waals surface area contributed by atoms with E-state index < -0.39 is 5.92 Å². The molecule has 0 fully saturated rings. The number of carbonyl (C=O) groups excluding carboxylic acids is 1. The molecular formula is C15H19NO. The molecule has 1 atom stereocenters. The first kappa shape index (κ1) is 13.4. The highest BCUT2D eigenvalue weighted by Gasteiger charge is 2.19. The number of nitriles is 1. The number of ketones is 1. The summed E-state index contributed by atoms with van der Waals surface area (Å²) in [7, 11) is 0. The predicted octanol–water partition coefficient (Wildman–Crippen LogP) is 3.57. The molecule has 0 aliphatic carbocycles. The average molecular weight is 229 g/mol. The van der Waals surface area contributed by atoms with E-state index in [0.717, 1.165) is 5.56 Å². The van der Waals surface area contributed by atoms with Crippen LogP contribution < -0.4 is 0 Å². The molecule has 0 heterocycles. The van der Waals surface area contributed by atoms with Gasteiger partial charge in [0, 0.05) is 6.42 Å². The van der Waals surface area contributed by atoms with E-state index in [2.05, 4.69) is 26.8 Å². The molecule has 0 radical (unpaired) electrons. The quantitative estimate of drug-likeness (QED) is 0.795. The summed E-state index contributed by atoms with van der Waals surface area (Å²) in [4.78, 5) is 11.6. The monoisotopic (exact) mass is 229 g/mol. The Kier molecular flexibility index (Phi) is 4.07. The Balaban J connectivity index is 3.02. The fourth-order valence-electron chi connectivity index (χ4n) is 1.71. The van der Waals surface area contributed by atoms with Crippen molar-refractivity contribution in [2.75, 3.05) is 0 Å². The van der Waals surface area contributed by atoms with Crippen molar-refractivity contribution in [2.24, 2.45) is 0 Å². The summed E-state index contributed by atoms with van der Waals surface area (Å²) in [5.41, 5.74) is 2.10. The molecule has 1 unspecified atom stereocenters. The molecule has 0 saturated heterocycles. The normalized spacial score (nSPS) is 12.9. The van der Waals surface area contributed by atoms with Crippen LogP contribution in [-0.4, -0.2) is 5.78 Å². The molecule has 0 aliphatic rings. The van der Waals surface area contributed by atoms with E-state index in [1.54, 1.807) is 6.92 Å². The van der Waals surface area contributed by atoms with E-state index >= 15 is 0 Å². The molecule has 2 heteroatoms. The van der Waals surface area contributed by atoms with E-state index in [-0.39, 0.29) is 11.2 Å². The number of Topliss-reactive ketones (excluding diaryl/α,β-unsaturated/α-hetero) is 1. The van der Waals surface area contributed by atoms with Crippen LogP contribution in [-0.2, 0) is 10.2 Å². The van der Waals surface area contributed by atoms with Gasteiger partial charge in [0.1, 0.15) is 5.92 Å². The molecule has 1 aromatic rings. The third kappa shape index (κ3) is 3.17. The number of benzene rings is 1. The van der Waals surface area contributed by atoms with Gasteiger partial charge in [0.05, 0.1) is 6.07 Å². The summed E-state index contributed by atoms with van der Waals surface area (Å²) in [5, 5.41) is 9.04. The van der Waals surface area contributed by atoms with Crippen LogP contribution in [0.15, 0.2) is 24.3 Å². The lowest BCUT2D eigenvalue weighted by Gasteiger charge is -2.19. The van der Waals surface area contributed by atoms with Crippen LogP contribution in [0.5, 0.6) is 0 Å². The van der Waals surface area contributed by atoms with Gasteiger partial charge in [0.15, 0.2) is 5.78 Å². The lowest BCUT2D eigenvalue weighted by molar-refractivity contribution is -0.119. The Bertz CT molecular complexity index is 431. The molecular weight excluding hydrogens is 210 g/mol. The van der Waals surface area contributed by atoms with Crippen molar-refractivity contribution in [3.63, 3.8) is 0 Å². The Morgan fingerprint density at radius 2 is 1.82 bits per heavy atom. The van der Waals surface area contributed by atoms with E-state index in [9.17, 15) is 4.79 Å². The number of hydrogen-bond donors (Lipinski definition) is 0. The fraction of sp³-hybridized carbons (Fsp3) is 0.467. The van der Waals surface area contributed by atoms with E-state index in [4.69, 9.17) is 5.26 Å². The molecule has 17 heavy (non-hydrogen) atoms. The molecule has 0 amide bonds. The van der Waals surface area contributed by atoms with Crippen LogP contribution in [0.4, 0.5) is 0 Å². The van der Waals surface area contributed by atoms with Crippen molar-refractivity contribution in [1.82, 2.24) is 0 Å². The molecule has 2 nitrogen and oxygen atoms in total. The largest absolute Gasteiger partial charge is 0.298 e. The van der Waals surface area contributed by atoms with E-state index in [0.29, 0.717) is 6.42 Å². The fourth-order valence-corrected chi connectivity index (χ4v) is 1.71. The smallest absolute Gasteiger partial charge is 0.154 e. The molecule has 0 spiro atoms. The van der Waals surface area contributed by atoms with Crippen molar-refractivity contribution in [3.8, 4) is 6.07 Å². The molecule has 1 rings (SSSR count). The van der Waals surface area contributed by atoms with Crippen LogP contribution in [0, 0.1) is 11.3 Å². The Morgan fingerprint density at radius 1 is 1.29 bits per heavy atom. The summed E-state index contributed by atoms with van der Waals surface area (Å²) >= 11 is 0. The molecule has 0 N–H and O–H groups in total. The highest BCUT2D eigenvalue weighted by Crippen LogP contribution is 2.25. The van der Waals surface area contributed by atoms with Crippen molar-refractivity contribution in [3.05, 3.63) is 35.4 Å². The lowest BCUT2D eigenvalue weighted by Crippen LogP contribution is -2.12. The second-order valence-corrected chi connectivity index (χ2v) is 5.25. The van der Waals surface area contributed by atoms with E-state index in [1.165, 1.54) is 5.56 Å². The minimum atomic E-state index is -0.617. The first-order valence-corrected chi connectivity index (χ1v) is 5.93. The summed E-state index contributed by atoms with van der Waals surface area (Å²) in [6.45, 7) is 8.21. The van der Waals surface area contributed by atoms with Crippen molar-refractivity contribution in [2.45, 2.75) is 45.4 Å². The van der Waals surface area contributed by atoms with E-state index in [1.807, 2.05) is 24.3 Å². The van der Waals surface area contributed by atoms with Gasteiger partial charge in [-0.2, -0.15) is 5.26 Å². The molecule has 1 aromatic carbocycles. The summed E-state index contributed by atoms with van der Waals surface area (Å²) in [6, 6.07) is 9.86. The van der Waals surface area contributed by atoms with Gasteiger partial charge < -0.3 is 0 Å². The zero-order valence-electron chi connectivity index (χ0n) is 10.9. The number of hydrogen-bond acceptors (Lipinski definition) is 2. The van der Waals surface area contributed by atoms with Gasteiger partial charge in [-0.1, -0.05) is 52.0 Å². The summed E-state index contributed by atoms with van der Waals surface area (Å²) in [5.74, 6) is -0.634. The third-order valence-electron chi connectivity index (χ3n) is 2.91. The Morgan fingerprint density at radius 3 is 2.18 bits per heavy atom. The SMILES string of the molecule is CCC(=O)C(C#N)c1ccc(C(C)(C)C)cc1. The van der Waals surface area contributed by atoms with Gasteiger partial charge in [-0.15, -0.1) is 0 Å². The van der Waals surface area contributed by atoms with Crippen LogP contribution in [0.25, 0.3) is 0 Å². The molecule has 0 aliphatic heterocycles. The Hall–Kier alpha value is -1.62. The first-order valence-electron chi connectivity index (χ1n) is 5.93. The number of rotatable bonds is 3. The van der Waals surface area contributed by atoms with Gasteiger partial charge in [0.25, 0.3) is 0 Å². The molecule has 0 aromatic heterocycles. The van der Waals surface area contributed by atoms with Gasteiger partial charge >= 0.3 is 0 Å². The summed E-state index contributed by atoms with van der Waals surface area (Å²) < 4.78 is 0. The second-order valence-electron chi connectivity index (χ2n) is 5.25. The van der Waals surface area contributed by atoms with Crippen LogP contribution in [0.1, 0.15) is 51.2 Å². The topological polar surface area (TPSA) is 40.9 Å². The maximum Gasteiger partial charge on any atom is 0.154 e. The van der Waals surface area contributed by atoms with Crippen LogP contribution >= 0.6 is 0 Å². The number of carbonyl (C=O) groups is 1. The molecule has 90 valence electrons. The minimum absolute atomic E-state index is 0.0176.